The number of furan rings is 1. The zero-order valence-corrected chi connectivity index (χ0v) is 15.3. The molecule has 138 valence electrons. The predicted molar refractivity (Wildman–Crippen MR) is 96.9 cm³/mol. The Labute approximate surface area is 153 Å². The lowest BCUT2D eigenvalue weighted by Crippen LogP contribution is -2.59. The Morgan fingerprint density at radius 2 is 2.00 bits per heavy atom. The van der Waals surface area contributed by atoms with Crippen LogP contribution in [0.15, 0.2) is 35.2 Å². The highest BCUT2D eigenvalue weighted by atomic mass is 16.3. The topological polar surface area (TPSA) is 67.5 Å². The minimum Gasteiger partial charge on any atom is -0.469 e. The zero-order chi connectivity index (χ0) is 18.3. The number of hydrogen-bond acceptors (Lipinski definition) is 3. The maximum Gasteiger partial charge on any atom is 0.257 e. The van der Waals surface area contributed by atoms with E-state index in [-0.39, 0.29) is 23.3 Å². The van der Waals surface area contributed by atoms with Crippen molar-refractivity contribution in [1.82, 2.24) is 14.8 Å². The molecule has 6 nitrogen and oxygen atoms in total. The fraction of sp³-hybridized carbons (Fsp3) is 0.500. The summed E-state index contributed by atoms with van der Waals surface area (Å²) in [6, 6.07) is 3.80. The van der Waals surface area contributed by atoms with E-state index >= 15 is 0 Å². The smallest absolute Gasteiger partial charge is 0.257 e. The molecule has 4 rings (SSSR count). The number of amides is 2. The molecule has 0 bridgehead atoms. The SMILES string of the molecule is Cc1occc1C(=O)N1CCC2(CC[C@H]2NC(=O)c2ccn(C)c2)CC1. The third-order valence-corrected chi connectivity index (χ3v) is 6.21. The van der Waals surface area contributed by atoms with Gasteiger partial charge < -0.3 is 19.2 Å². The van der Waals surface area contributed by atoms with Gasteiger partial charge in [0, 0.05) is 38.6 Å². The molecule has 2 aliphatic rings. The summed E-state index contributed by atoms with van der Waals surface area (Å²) in [5.74, 6) is 0.726. The molecule has 1 spiro atoms. The van der Waals surface area contributed by atoms with Crippen LogP contribution >= 0.6 is 0 Å². The summed E-state index contributed by atoms with van der Waals surface area (Å²) in [7, 11) is 1.91. The van der Waals surface area contributed by atoms with Crippen LogP contribution in [0.25, 0.3) is 0 Å². The van der Waals surface area contributed by atoms with Gasteiger partial charge in [0.05, 0.1) is 17.4 Å². The number of nitrogens with zero attached hydrogens (tertiary/aromatic N) is 2. The first-order valence-electron chi connectivity index (χ1n) is 9.25. The molecule has 2 fully saturated rings. The summed E-state index contributed by atoms with van der Waals surface area (Å²) in [6.07, 6.45) is 9.31. The molecule has 6 heteroatoms. The van der Waals surface area contributed by atoms with Crippen LogP contribution in [0.1, 0.15) is 52.2 Å². The average Bonchev–Trinajstić information content (AvgIpc) is 3.26. The van der Waals surface area contributed by atoms with Crippen molar-refractivity contribution in [2.24, 2.45) is 12.5 Å². The Kier molecular flexibility index (Phi) is 4.13. The van der Waals surface area contributed by atoms with E-state index in [1.54, 1.807) is 12.3 Å². The second-order valence-corrected chi connectivity index (χ2v) is 7.68. The van der Waals surface area contributed by atoms with Gasteiger partial charge in [-0.1, -0.05) is 0 Å². The van der Waals surface area contributed by atoms with E-state index in [2.05, 4.69) is 5.32 Å². The maximum atomic E-state index is 12.6. The van der Waals surface area contributed by atoms with Crippen LogP contribution < -0.4 is 5.32 Å². The van der Waals surface area contributed by atoms with Gasteiger partial charge in [-0.3, -0.25) is 9.59 Å². The molecule has 0 radical (unpaired) electrons. The number of carbonyl (C=O) groups excluding carboxylic acids is 2. The predicted octanol–water partition coefficient (Wildman–Crippen LogP) is 2.74. The minimum atomic E-state index is 0.00204. The lowest BCUT2D eigenvalue weighted by Gasteiger charge is -2.54. The van der Waals surface area contributed by atoms with Crippen molar-refractivity contribution in [2.75, 3.05) is 13.1 Å². The first-order chi connectivity index (χ1) is 12.5. The Morgan fingerprint density at radius 3 is 2.54 bits per heavy atom. The van der Waals surface area contributed by atoms with E-state index in [1.807, 2.05) is 41.9 Å². The number of rotatable bonds is 3. The zero-order valence-electron chi connectivity index (χ0n) is 15.3. The normalized spacial score (nSPS) is 21.5. The van der Waals surface area contributed by atoms with Gasteiger partial charge in [0.1, 0.15) is 5.76 Å². The van der Waals surface area contributed by atoms with Crippen molar-refractivity contribution >= 4 is 11.8 Å². The first-order valence-corrected chi connectivity index (χ1v) is 9.25. The van der Waals surface area contributed by atoms with Crippen LogP contribution in [-0.4, -0.2) is 40.4 Å². The third-order valence-electron chi connectivity index (χ3n) is 6.21. The Balaban J connectivity index is 1.37. The van der Waals surface area contributed by atoms with Crippen LogP contribution in [0.4, 0.5) is 0 Å². The summed E-state index contributed by atoms with van der Waals surface area (Å²) in [5, 5.41) is 3.22. The fourth-order valence-electron chi connectivity index (χ4n) is 4.33. The molecule has 1 N–H and O–H groups in total. The second kappa shape index (κ2) is 6.34. The van der Waals surface area contributed by atoms with Crippen molar-refractivity contribution in [3.8, 4) is 0 Å². The molecule has 2 aromatic rings. The molecule has 3 heterocycles. The van der Waals surface area contributed by atoms with E-state index in [4.69, 9.17) is 4.42 Å². The lowest BCUT2D eigenvalue weighted by molar-refractivity contribution is -0.00236. The largest absolute Gasteiger partial charge is 0.469 e. The van der Waals surface area contributed by atoms with Gasteiger partial charge in [-0.05, 0) is 50.2 Å². The lowest BCUT2D eigenvalue weighted by atomic mass is 9.59. The monoisotopic (exact) mass is 355 g/mol. The van der Waals surface area contributed by atoms with Gasteiger partial charge in [-0.25, -0.2) is 0 Å². The van der Waals surface area contributed by atoms with Crippen LogP contribution in [-0.2, 0) is 7.05 Å². The fourth-order valence-corrected chi connectivity index (χ4v) is 4.33. The van der Waals surface area contributed by atoms with Crippen molar-refractivity contribution in [1.29, 1.82) is 0 Å². The first kappa shape index (κ1) is 16.9. The summed E-state index contributed by atoms with van der Waals surface area (Å²) < 4.78 is 7.14. The van der Waals surface area contributed by atoms with Crippen LogP contribution in [0.2, 0.25) is 0 Å². The van der Waals surface area contributed by atoms with Crippen molar-refractivity contribution in [2.45, 2.75) is 38.6 Å². The molecule has 2 aromatic heterocycles. The maximum absolute atomic E-state index is 12.6. The highest BCUT2D eigenvalue weighted by Gasteiger charge is 2.49. The van der Waals surface area contributed by atoms with E-state index in [9.17, 15) is 9.59 Å². The summed E-state index contributed by atoms with van der Waals surface area (Å²) in [6.45, 7) is 3.29. The van der Waals surface area contributed by atoms with E-state index in [0.717, 1.165) is 38.8 Å². The molecule has 2 amide bonds. The van der Waals surface area contributed by atoms with Gasteiger partial charge in [0.15, 0.2) is 0 Å². The van der Waals surface area contributed by atoms with Crippen LogP contribution in [0.5, 0.6) is 0 Å². The number of piperidine rings is 1. The van der Waals surface area contributed by atoms with E-state index < -0.39 is 0 Å². The molecule has 1 saturated carbocycles. The van der Waals surface area contributed by atoms with Crippen molar-refractivity contribution in [3.63, 3.8) is 0 Å². The molecule has 0 aromatic carbocycles. The molecular weight excluding hydrogens is 330 g/mol. The second-order valence-electron chi connectivity index (χ2n) is 7.68. The molecule has 1 aliphatic heterocycles. The third kappa shape index (κ3) is 2.83. The molecule has 26 heavy (non-hydrogen) atoms. The minimum absolute atomic E-state index is 0.00204. The molecule has 1 atom stereocenters. The summed E-state index contributed by atoms with van der Waals surface area (Å²) >= 11 is 0. The average molecular weight is 355 g/mol. The molecular formula is C20H25N3O3. The number of hydrogen-bond donors (Lipinski definition) is 1. The van der Waals surface area contributed by atoms with Gasteiger partial charge in [-0.2, -0.15) is 0 Å². The Bertz CT molecular complexity index is 827. The van der Waals surface area contributed by atoms with E-state index in [1.165, 1.54) is 0 Å². The van der Waals surface area contributed by atoms with Crippen LogP contribution in [0, 0.1) is 12.3 Å². The van der Waals surface area contributed by atoms with Gasteiger partial charge in [0.25, 0.3) is 11.8 Å². The highest BCUT2D eigenvalue weighted by molar-refractivity contribution is 5.95. The Morgan fingerprint density at radius 1 is 1.23 bits per heavy atom. The van der Waals surface area contributed by atoms with Crippen molar-refractivity contribution < 1.29 is 14.0 Å². The van der Waals surface area contributed by atoms with Gasteiger partial charge in [-0.15, -0.1) is 0 Å². The number of carbonyl (C=O) groups is 2. The molecule has 1 saturated heterocycles. The Hall–Kier alpha value is -2.50. The summed E-state index contributed by atoms with van der Waals surface area (Å²) in [5.41, 5.74) is 1.51. The highest BCUT2D eigenvalue weighted by Crippen LogP contribution is 2.49. The number of likely N-dealkylation sites (tertiary alicyclic amines) is 1. The standard InChI is InChI=1S/C20H25N3O3/c1-14-16(5-12-26-14)19(25)23-10-7-20(8-11-23)6-3-17(20)21-18(24)15-4-9-22(2)13-15/h4-5,9,12-13,17H,3,6-8,10-11H2,1-2H3,(H,21,24)/t17-/m1/s1. The summed E-state index contributed by atoms with van der Waals surface area (Å²) in [4.78, 5) is 27.0. The van der Waals surface area contributed by atoms with Crippen molar-refractivity contribution in [3.05, 3.63) is 47.7 Å². The number of nitrogens with one attached hydrogen (secondary N) is 1. The number of aromatic nitrogens is 1. The molecule has 0 unspecified atom stereocenters. The number of aryl methyl sites for hydroxylation is 2. The molecule has 1 aliphatic carbocycles. The quantitative estimate of drug-likeness (QED) is 0.920. The van der Waals surface area contributed by atoms with Gasteiger partial charge >= 0.3 is 0 Å². The van der Waals surface area contributed by atoms with Gasteiger partial charge in [0.2, 0.25) is 0 Å². The van der Waals surface area contributed by atoms with Crippen LogP contribution in [0.3, 0.4) is 0 Å². The van der Waals surface area contributed by atoms with E-state index in [0.29, 0.717) is 16.9 Å².